The van der Waals surface area contributed by atoms with Gasteiger partial charge in [-0.3, -0.25) is 14.9 Å². The fourth-order valence-corrected chi connectivity index (χ4v) is 5.17. The summed E-state index contributed by atoms with van der Waals surface area (Å²) in [7, 11) is 1.59. The van der Waals surface area contributed by atoms with Crippen molar-refractivity contribution in [1.82, 2.24) is 9.88 Å². The Morgan fingerprint density at radius 1 is 1.11 bits per heavy atom. The van der Waals surface area contributed by atoms with Crippen LogP contribution >= 0.6 is 11.8 Å². The van der Waals surface area contributed by atoms with Gasteiger partial charge in [0.15, 0.2) is 5.17 Å². The number of amides is 1. The summed E-state index contributed by atoms with van der Waals surface area (Å²) in [6.45, 7) is 4.54. The van der Waals surface area contributed by atoms with E-state index in [9.17, 15) is 14.9 Å². The van der Waals surface area contributed by atoms with Gasteiger partial charge in [0.1, 0.15) is 11.4 Å². The Morgan fingerprint density at radius 2 is 1.86 bits per heavy atom. The van der Waals surface area contributed by atoms with Crippen LogP contribution in [0.3, 0.4) is 0 Å². The van der Waals surface area contributed by atoms with Gasteiger partial charge in [0.25, 0.3) is 11.6 Å². The van der Waals surface area contributed by atoms with Crippen molar-refractivity contribution in [3.05, 3.63) is 104 Å². The first-order chi connectivity index (χ1) is 17.8. The number of hydrogen-bond donors (Lipinski definition) is 1. The van der Waals surface area contributed by atoms with E-state index in [-0.39, 0.29) is 11.6 Å². The first-order valence-electron chi connectivity index (χ1n) is 11.6. The molecule has 1 amide bonds. The molecule has 2 heterocycles. The number of benzene rings is 3. The van der Waals surface area contributed by atoms with Crippen molar-refractivity contribution >= 4 is 51.2 Å². The lowest BCUT2D eigenvalue weighted by molar-refractivity contribution is -0.384. The molecule has 0 unspecified atom stereocenters. The number of nitrogens with zero attached hydrogens (tertiary/aromatic N) is 3. The number of ether oxygens (including phenoxy) is 1. The fraction of sp³-hybridized carbons (Fsp3) is 0.143. The van der Waals surface area contributed by atoms with Gasteiger partial charge in [-0.05, 0) is 61.0 Å². The molecule has 0 saturated carbocycles. The van der Waals surface area contributed by atoms with Crippen LogP contribution < -0.4 is 10.1 Å². The number of nitrogens with one attached hydrogen (secondary N) is 1. The van der Waals surface area contributed by atoms with Gasteiger partial charge >= 0.3 is 0 Å². The zero-order valence-electron chi connectivity index (χ0n) is 20.5. The van der Waals surface area contributed by atoms with Gasteiger partial charge in [0.05, 0.1) is 16.9 Å². The lowest BCUT2D eigenvalue weighted by atomic mass is 10.1. The van der Waals surface area contributed by atoms with E-state index in [0.29, 0.717) is 28.1 Å². The van der Waals surface area contributed by atoms with Crippen molar-refractivity contribution in [3.8, 4) is 5.75 Å². The maximum atomic E-state index is 12.9. The van der Waals surface area contributed by atoms with Crippen LogP contribution in [-0.4, -0.2) is 27.7 Å². The molecular weight excluding hydrogens is 488 g/mol. The number of aromatic nitrogens is 1. The Kier molecular flexibility index (Phi) is 6.54. The number of carbonyl (C=O) groups excluding carboxylic acids is 1. The number of non-ortho nitro benzene ring substituents is 1. The second kappa shape index (κ2) is 9.94. The van der Waals surface area contributed by atoms with E-state index < -0.39 is 4.92 Å². The lowest BCUT2D eigenvalue weighted by Crippen LogP contribution is -2.19. The molecule has 37 heavy (non-hydrogen) atoms. The number of aliphatic imine (C=N–C) groups is 1. The number of rotatable bonds is 6. The highest BCUT2D eigenvalue weighted by Crippen LogP contribution is 2.35. The molecule has 1 saturated heterocycles. The molecule has 5 rings (SSSR count). The topological polar surface area (TPSA) is 98.8 Å². The minimum absolute atomic E-state index is 0.0632. The summed E-state index contributed by atoms with van der Waals surface area (Å²) >= 11 is 1.29. The molecule has 1 fully saturated rings. The average Bonchev–Trinajstić information content (AvgIpc) is 3.36. The second-order valence-corrected chi connectivity index (χ2v) is 9.71. The van der Waals surface area contributed by atoms with E-state index in [1.807, 2.05) is 62.4 Å². The second-order valence-electron chi connectivity index (χ2n) is 8.68. The highest BCUT2D eigenvalue weighted by molar-refractivity contribution is 8.18. The van der Waals surface area contributed by atoms with Crippen LogP contribution in [0.2, 0.25) is 0 Å². The summed E-state index contributed by atoms with van der Waals surface area (Å²) in [5.74, 6) is 0.428. The minimum atomic E-state index is -0.401. The number of thioether (sulfide) groups is 1. The molecule has 3 aromatic carbocycles. The molecule has 0 atom stereocenters. The number of methoxy groups -OCH3 is 1. The summed E-state index contributed by atoms with van der Waals surface area (Å²) in [6.07, 6.45) is 1.90. The maximum absolute atomic E-state index is 12.9. The predicted octanol–water partition coefficient (Wildman–Crippen LogP) is 6.11. The van der Waals surface area contributed by atoms with Gasteiger partial charge in [0.2, 0.25) is 0 Å². The van der Waals surface area contributed by atoms with Crippen molar-refractivity contribution in [2.75, 3.05) is 7.11 Å². The number of nitro groups is 1. The highest BCUT2D eigenvalue weighted by Gasteiger charge is 2.25. The molecular formula is C28H24N4O4S. The summed E-state index contributed by atoms with van der Waals surface area (Å²) < 4.78 is 7.57. The van der Waals surface area contributed by atoms with Crippen LogP contribution in [0, 0.1) is 24.0 Å². The molecule has 186 valence electrons. The zero-order valence-corrected chi connectivity index (χ0v) is 21.3. The molecule has 0 bridgehead atoms. The number of fused-ring (bicyclic) bond motifs is 1. The molecule has 0 radical (unpaired) electrons. The van der Waals surface area contributed by atoms with Gasteiger partial charge in [-0.2, -0.15) is 0 Å². The number of para-hydroxylation sites is 1. The maximum Gasteiger partial charge on any atom is 0.269 e. The Balaban J connectivity index is 1.50. The van der Waals surface area contributed by atoms with E-state index in [1.165, 1.54) is 23.9 Å². The number of amidine groups is 1. The Morgan fingerprint density at radius 3 is 2.59 bits per heavy atom. The quantitative estimate of drug-likeness (QED) is 0.191. The van der Waals surface area contributed by atoms with Gasteiger partial charge in [-0.25, -0.2) is 4.99 Å². The molecule has 4 aromatic rings. The summed E-state index contributed by atoms with van der Waals surface area (Å²) in [5.41, 5.74) is 5.67. The van der Waals surface area contributed by atoms with E-state index >= 15 is 0 Å². The Hall–Kier alpha value is -4.37. The number of hydrogen-bond acceptors (Lipinski definition) is 6. The SMILES string of the molecule is COc1ccc(C)cc1N=C1NC(=O)/C(=C/c2c(C)n(Cc3ccc([N+](=O)[O-])cc3)c3ccccc23)S1. The lowest BCUT2D eigenvalue weighted by Gasteiger charge is -2.09. The predicted molar refractivity (Wildman–Crippen MR) is 147 cm³/mol. The van der Waals surface area contributed by atoms with E-state index in [2.05, 4.69) is 14.9 Å². The van der Waals surface area contributed by atoms with Gasteiger partial charge < -0.3 is 14.6 Å². The molecule has 1 aliphatic rings. The Bertz CT molecular complexity index is 1600. The van der Waals surface area contributed by atoms with Crippen LogP contribution in [0.25, 0.3) is 17.0 Å². The monoisotopic (exact) mass is 512 g/mol. The number of nitro benzene ring substituents is 1. The van der Waals surface area contributed by atoms with Gasteiger partial charge in [-0.1, -0.05) is 36.4 Å². The van der Waals surface area contributed by atoms with Crippen molar-refractivity contribution in [1.29, 1.82) is 0 Å². The normalized spacial score (nSPS) is 15.5. The van der Waals surface area contributed by atoms with E-state index in [4.69, 9.17) is 4.74 Å². The molecule has 9 heteroatoms. The summed E-state index contributed by atoms with van der Waals surface area (Å²) in [4.78, 5) is 28.6. The highest BCUT2D eigenvalue weighted by atomic mass is 32.2. The van der Waals surface area contributed by atoms with Gasteiger partial charge in [-0.15, -0.1) is 0 Å². The van der Waals surface area contributed by atoms with E-state index in [0.717, 1.165) is 33.3 Å². The fourth-order valence-electron chi connectivity index (χ4n) is 4.36. The van der Waals surface area contributed by atoms with Crippen LogP contribution in [-0.2, 0) is 11.3 Å². The molecule has 8 nitrogen and oxygen atoms in total. The third-order valence-corrected chi connectivity index (χ3v) is 7.16. The molecule has 1 aliphatic heterocycles. The molecule has 1 aromatic heterocycles. The van der Waals surface area contributed by atoms with Crippen molar-refractivity contribution < 1.29 is 14.5 Å². The standard InChI is InChI=1S/C28H24N4O4S/c1-17-8-13-25(36-3)23(14-17)29-28-30-27(33)26(37-28)15-22-18(2)31(24-7-5-4-6-21(22)24)16-19-9-11-20(12-10-19)32(34)35/h4-15H,16H2,1-3H3,(H,29,30,33)/b26-15-. The number of aryl methyl sites for hydroxylation is 1. The number of carbonyl (C=O) groups is 1. The van der Waals surface area contributed by atoms with Crippen LogP contribution in [0.15, 0.2) is 76.6 Å². The largest absolute Gasteiger partial charge is 0.494 e. The Labute approximate surface area is 217 Å². The van der Waals surface area contributed by atoms with Crippen molar-refractivity contribution in [2.24, 2.45) is 4.99 Å². The average molecular weight is 513 g/mol. The van der Waals surface area contributed by atoms with Crippen molar-refractivity contribution in [2.45, 2.75) is 20.4 Å². The third kappa shape index (κ3) is 4.85. The van der Waals surface area contributed by atoms with Gasteiger partial charge in [0, 0.05) is 40.8 Å². The first kappa shape index (κ1) is 24.3. The first-order valence-corrected chi connectivity index (χ1v) is 12.4. The third-order valence-electron chi connectivity index (χ3n) is 6.25. The zero-order chi connectivity index (χ0) is 26.1. The summed E-state index contributed by atoms with van der Waals surface area (Å²) in [5, 5.41) is 15.4. The summed E-state index contributed by atoms with van der Waals surface area (Å²) in [6, 6.07) is 20.3. The van der Waals surface area contributed by atoms with Crippen LogP contribution in [0.5, 0.6) is 5.75 Å². The minimum Gasteiger partial charge on any atom is -0.494 e. The van der Waals surface area contributed by atoms with Crippen LogP contribution in [0.1, 0.15) is 22.4 Å². The van der Waals surface area contributed by atoms with Crippen molar-refractivity contribution in [3.63, 3.8) is 0 Å². The molecule has 1 N–H and O–H groups in total. The van der Waals surface area contributed by atoms with E-state index in [1.54, 1.807) is 19.2 Å². The molecule has 0 spiro atoms. The van der Waals surface area contributed by atoms with Crippen LogP contribution in [0.4, 0.5) is 11.4 Å². The smallest absolute Gasteiger partial charge is 0.269 e. The molecule has 0 aliphatic carbocycles.